The van der Waals surface area contributed by atoms with Gasteiger partial charge in [0, 0.05) is 50.4 Å². The number of amides is 2. The monoisotopic (exact) mass is 644 g/mol. The average Bonchev–Trinajstić information content (AvgIpc) is 3.43. The first-order valence-electron chi connectivity index (χ1n) is 14.4. The van der Waals surface area contributed by atoms with Crippen molar-refractivity contribution in [3.8, 4) is 5.75 Å². The van der Waals surface area contributed by atoms with Crippen LogP contribution in [0.1, 0.15) is 42.4 Å². The number of nitrogens with one attached hydrogen (secondary N) is 1. The van der Waals surface area contributed by atoms with E-state index >= 15 is 0 Å². The van der Waals surface area contributed by atoms with E-state index in [2.05, 4.69) is 5.32 Å². The third kappa shape index (κ3) is 7.60. The number of carbonyl (C=O) groups is 2. The van der Waals surface area contributed by atoms with Crippen molar-refractivity contribution in [3.63, 3.8) is 0 Å². The molecule has 1 aliphatic carbocycles. The number of alkyl halides is 6. The van der Waals surface area contributed by atoms with Crippen molar-refractivity contribution in [1.29, 1.82) is 0 Å². The van der Waals surface area contributed by atoms with E-state index in [-0.39, 0.29) is 74.6 Å². The molecule has 2 aromatic rings. The molecule has 16 heteroatoms. The number of nitrogens with zero attached hydrogens (tertiary/aromatic N) is 3. The fourth-order valence-corrected chi connectivity index (χ4v) is 5.84. The first-order chi connectivity index (χ1) is 21.2. The summed E-state index contributed by atoms with van der Waals surface area (Å²) in [5.41, 5.74) is -2.69. The SMILES string of the molecule is O=C(COC1CCC(Nc2ccc([N+](=O)[O-])c(C(F)(F)F)c2)CC1)N1CCN(C(=O)C2Cc3cc(C(F)(F)F)ccc3O2)CC1. The molecule has 2 heterocycles. The van der Waals surface area contributed by atoms with Crippen molar-refractivity contribution in [2.24, 2.45) is 0 Å². The lowest BCUT2D eigenvalue weighted by atomic mass is 9.92. The van der Waals surface area contributed by atoms with Crippen LogP contribution in [-0.4, -0.2) is 77.6 Å². The summed E-state index contributed by atoms with van der Waals surface area (Å²) in [5.74, 6) is -0.354. The second-order valence-corrected chi connectivity index (χ2v) is 11.3. The minimum absolute atomic E-state index is 0.0330. The summed E-state index contributed by atoms with van der Waals surface area (Å²) in [6, 6.07) is 5.77. The zero-order chi connectivity index (χ0) is 32.5. The number of halogens is 6. The normalized spacial score (nSPS) is 22.0. The van der Waals surface area contributed by atoms with E-state index in [1.807, 2.05) is 0 Å². The number of benzene rings is 2. The van der Waals surface area contributed by atoms with Crippen LogP contribution in [0.2, 0.25) is 0 Å². The maximum absolute atomic E-state index is 13.3. The number of rotatable bonds is 7. The van der Waals surface area contributed by atoms with Gasteiger partial charge in [-0.05, 0) is 61.6 Å². The van der Waals surface area contributed by atoms with E-state index in [4.69, 9.17) is 9.47 Å². The summed E-state index contributed by atoms with van der Waals surface area (Å²) < 4.78 is 90.3. The molecule has 244 valence electrons. The van der Waals surface area contributed by atoms with Crippen LogP contribution in [0.4, 0.5) is 37.7 Å². The summed E-state index contributed by atoms with van der Waals surface area (Å²) in [5, 5.41) is 14.0. The molecule has 1 unspecified atom stereocenters. The number of hydrogen-bond acceptors (Lipinski definition) is 7. The Labute approximate surface area is 253 Å². The standard InChI is InChI=1S/C29H30F6N4O6/c30-28(31,32)18-1-8-24-17(13-18)14-25(45-24)27(41)38-11-9-37(10-12-38)26(40)16-44-21-5-2-19(3-6-21)36-20-4-7-23(39(42)43)22(15-20)29(33,34)35/h1,4,7-8,13,15,19,21,25,36H,2-3,5-6,9-12,14,16H2. The highest BCUT2D eigenvalue weighted by Crippen LogP contribution is 2.39. The molecule has 1 saturated heterocycles. The number of piperazine rings is 1. The van der Waals surface area contributed by atoms with Crippen LogP contribution in [0.3, 0.4) is 0 Å². The molecule has 0 bridgehead atoms. The number of hydrogen-bond donors (Lipinski definition) is 1. The summed E-state index contributed by atoms with van der Waals surface area (Å²) in [6.45, 7) is 0.833. The molecule has 1 atom stereocenters. The van der Waals surface area contributed by atoms with Crippen molar-refractivity contribution < 1.29 is 50.3 Å². The van der Waals surface area contributed by atoms with Crippen LogP contribution in [0, 0.1) is 10.1 Å². The van der Waals surface area contributed by atoms with E-state index in [0.29, 0.717) is 31.2 Å². The molecule has 1 saturated carbocycles. The summed E-state index contributed by atoms with van der Waals surface area (Å²) in [4.78, 5) is 38.7. The van der Waals surface area contributed by atoms with Gasteiger partial charge in [-0.3, -0.25) is 19.7 Å². The maximum Gasteiger partial charge on any atom is 0.423 e. The molecule has 2 amide bonds. The van der Waals surface area contributed by atoms with E-state index in [9.17, 15) is 46.0 Å². The highest BCUT2D eigenvalue weighted by molar-refractivity contribution is 5.83. The zero-order valence-corrected chi connectivity index (χ0v) is 23.8. The minimum atomic E-state index is -4.87. The highest BCUT2D eigenvalue weighted by atomic mass is 19.4. The minimum Gasteiger partial charge on any atom is -0.480 e. The first-order valence-corrected chi connectivity index (χ1v) is 14.4. The molecule has 45 heavy (non-hydrogen) atoms. The molecule has 2 fully saturated rings. The van der Waals surface area contributed by atoms with E-state index in [1.54, 1.807) is 4.90 Å². The predicted molar refractivity (Wildman–Crippen MR) is 146 cm³/mol. The summed E-state index contributed by atoms with van der Waals surface area (Å²) >= 11 is 0. The molecule has 3 aliphatic rings. The summed E-state index contributed by atoms with van der Waals surface area (Å²) in [7, 11) is 0. The van der Waals surface area contributed by atoms with Gasteiger partial charge in [-0.25, -0.2) is 0 Å². The quantitative estimate of drug-likeness (QED) is 0.255. The molecule has 5 rings (SSSR count). The lowest BCUT2D eigenvalue weighted by molar-refractivity contribution is -0.388. The van der Waals surface area contributed by atoms with E-state index in [0.717, 1.165) is 24.3 Å². The van der Waals surface area contributed by atoms with Crippen LogP contribution in [-0.2, 0) is 33.1 Å². The Morgan fingerprint density at radius 1 is 0.933 bits per heavy atom. The Morgan fingerprint density at radius 2 is 1.60 bits per heavy atom. The van der Waals surface area contributed by atoms with E-state index < -0.39 is 40.2 Å². The highest BCUT2D eigenvalue weighted by Gasteiger charge is 2.39. The van der Waals surface area contributed by atoms with Crippen molar-refractivity contribution >= 4 is 23.2 Å². The number of fused-ring (bicyclic) bond motifs is 1. The molecule has 2 aliphatic heterocycles. The van der Waals surface area contributed by atoms with Gasteiger partial charge in [0.05, 0.1) is 16.6 Å². The lowest BCUT2D eigenvalue weighted by Crippen LogP contribution is -2.54. The van der Waals surface area contributed by atoms with Crippen LogP contribution in [0.25, 0.3) is 0 Å². The van der Waals surface area contributed by atoms with Crippen molar-refractivity contribution in [2.45, 2.75) is 62.7 Å². The van der Waals surface area contributed by atoms with Crippen LogP contribution in [0.5, 0.6) is 5.75 Å². The van der Waals surface area contributed by atoms with Gasteiger partial charge in [0.15, 0.2) is 6.10 Å². The van der Waals surface area contributed by atoms with Gasteiger partial charge in [0.1, 0.15) is 17.9 Å². The molecule has 2 aromatic carbocycles. The predicted octanol–water partition coefficient (Wildman–Crippen LogP) is 5.05. The Balaban J connectivity index is 1.03. The first kappa shape index (κ1) is 32.3. The number of carbonyl (C=O) groups excluding carboxylic acids is 2. The van der Waals surface area contributed by atoms with Gasteiger partial charge in [-0.15, -0.1) is 0 Å². The Bertz CT molecular complexity index is 1440. The third-order valence-corrected chi connectivity index (χ3v) is 8.27. The second-order valence-electron chi connectivity index (χ2n) is 11.3. The van der Waals surface area contributed by atoms with Crippen molar-refractivity contribution in [1.82, 2.24) is 9.80 Å². The van der Waals surface area contributed by atoms with Crippen LogP contribution in [0.15, 0.2) is 36.4 Å². The Hall–Kier alpha value is -4.08. The fraction of sp³-hybridized carbons (Fsp3) is 0.517. The van der Waals surface area contributed by atoms with Crippen molar-refractivity contribution in [3.05, 3.63) is 63.2 Å². The molecule has 10 nitrogen and oxygen atoms in total. The van der Waals surface area contributed by atoms with Gasteiger partial charge in [-0.1, -0.05) is 0 Å². The summed E-state index contributed by atoms with van der Waals surface area (Å²) in [6.07, 6.45) is -8.25. The average molecular weight is 645 g/mol. The molecule has 0 radical (unpaired) electrons. The molecule has 0 aromatic heterocycles. The van der Waals surface area contributed by atoms with Gasteiger partial charge in [-0.2, -0.15) is 26.3 Å². The zero-order valence-electron chi connectivity index (χ0n) is 23.8. The lowest BCUT2D eigenvalue weighted by Gasteiger charge is -2.36. The van der Waals surface area contributed by atoms with Gasteiger partial charge in [0.25, 0.3) is 11.6 Å². The second kappa shape index (κ2) is 12.7. The van der Waals surface area contributed by atoms with E-state index in [1.165, 1.54) is 17.0 Å². The van der Waals surface area contributed by atoms with Gasteiger partial charge in [0.2, 0.25) is 5.91 Å². The topological polar surface area (TPSA) is 114 Å². The Kier molecular flexibility index (Phi) is 9.14. The largest absolute Gasteiger partial charge is 0.480 e. The van der Waals surface area contributed by atoms with Gasteiger partial charge >= 0.3 is 12.4 Å². The molecule has 0 spiro atoms. The smallest absolute Gasteiger partial charge is 0.423 e. The maximum atomic E-state index is 13.3. The fourth-order valence-electron chi connectivity index (χ4n) is 5.84. The number of nitro benzene ring substituents is 1. The molecular formula is C29H30F6N4O6. The Morgan fingerprint density at radius 3 is 2.22 bits per heavy atom. The van der Waals surface area contributed by atoms with Crippen LogP contribution >= 0.6 is 0 Å². The van der Waals surface area contributed by atoms with Crippen LogP contribution < -0.4 is 10.1 Å². The molecule has 1 N–H and O–H groups in total. The van der Waals surface area contributed by atoms with Gasteiger partial charge < -0.3 is 24.6 Å². The van der Waals surface area contributed by atoms with Crippen molar-refractivity contribution in [2.75, 3.05) is 38.1 Å². The molecular weight excluding hydrogens is 614 g/mol. The number of nitro groups is 1. The third-order valence-electron chi connectivity index (χ3n) is 8.27. The number of anilines is 1. The number of ether oxygens (including phenoxy) is 2.